The van der Waals surface area contributed by atoms with Gasteiger partial charge in [-0.1, -0.05) is 12.2 Å². The second kappa shape index (κ2) is 5.26. The minimum atomic E-state index is -0.705. The van der Waals surface area contributed by atoms with Gasteiger partial charge in [-0.15, -0.1) is 5.06 Å². The summed E-state index contributed by atoms with van der Waals surface area (Å²) in [5.41, 5.74) is 0. The molecular weight excluding hydrogens is 202 g/mol. The molecule has 0 spiro atoms. The number of hydrogen-bond acceptors (Lipinski definition) is 5. The van der Waals surface area contributed by atoms with Gasteiger partial charge in [0.2, 0.25) is 0 Å². The van der Waals surface area contributed by atoms with E-state index in [2.05, 4.69) is 4.84 Å². The van der Waals surface area contributed by atoms with Crippen molar-refractivity contribution in [2.45, 2.75) is 19.3 Å². The average molecular weight is 213 g/mol. The number of hydrogen-bond donors (Lipinski definition) is 1. The van der Waals surface area contributed by atoms with E-state index in [1.165, 1.54) is 12.2 Å². The van der Waals surface area contributed by atoms with Gasteiger partial charge in [-0.05, 0) is 0 Å². The summed E-state index contributed by atoms with van der Waals surface area (Å²) in [4.78, 5) is 37.6. The number of imide groups is 1. The third-order valence-electron chi connectivity index (χ3n) is 1.76. The van der Waals surface area contributed by atoms with Crippen molar-refractivity contribution in [3.05, 3.63) is 12.2 Å². The Labute approximate surface area is 86.1 Å². The molecule has 1 saturated heterocycles. The molecule has 0 aromatic rings. The Morgan fingerprint density at radius 2 is 1.93 bits per heavy atom. The van der Waals surface area contributed by atoms with E-state index < -0.39 is 17.8 Å². The molecule has 0 aliphatic carbocycles. The summed E-state index contributed by atoms with van der Waals surface area (Å²) >= 11 is 0. The fraction of sp³-hybridized carbons (Fsp3) is 0.444. The molecule has 6 heteroatoms. The third kappa shape index (κ3) is 3.17. The van der Waals surface area contributed by atoms with Crippen LogP contribution in [0.4, 0.5) is 0 Å². The zero-order chi connectivity index (χ0) is 11.3. The van der Waals surface area contributed by atoms with Crippen molar-refractivity contribution >= 4 is 17.8 Å². The normalized spacial score (nSPS) is 16.5. The summed E-state index contributed by atoms with van der Waals surface area (Å²) in [6.07, 6.45) is 2.84. The van der Waals surface area contributed by atoms with Gasteiger partial charge in [0.25, 0.3) is 11.8 Å². The van der Waals surface area contributed by atoms with Crippen LogP contribution in [0.2, 0.25) is 0 Å². The average Bonchev–Trinajstić information content (AvgIpc) is 2.50. The lowest BCUT2D eigenvalue weighted by Crippen LogP contribution is -2.31. The SMILES string of the molecule is O=C(C/C=C/CO)ON1C(=O)CCC1=O. The molecule has 2 amide bonds. The van der Waals surface area contributed by atoms with Crippen LogP contribution in [0.15, 0.2) is 12.2 Å². The molecule has 0 atom stereocenters. The largest absolute Gasteiger partial charge is 0.392 e. The van der Waals surface area contributed by atoms with Gasteiger partial charge in [0.15, 0.2) is 0 Å². The van der Waals surface area contributed by atoms with Gasteiger partial charge in [0.1, 0.15) is 0 Å². The van der Waals surface area contributed by atoms with Gasteiger partial charge >= 0.3 is 5.97 Å². The summed E-state index contributed by atoms with van der Waals surface area (Å²) in [5.74, 6) is -1.71. The second-order valence-electron chi connectivity index (χ2n) is 2.90. The zero-order valence-electron chi connectivity index (χ0n) is 8.01. The quantitative estimate of drug-likeness (QED) is 0.504. The van der Waals surface area contributed by atoms with Gasteiger partial charge in [-0.2, -0.15) is 0 Å². The highest BCUT2D eigenvalue weighted by molar-refractivity contribution is 6.01. The predicted molar refractivity (Wildman–Crippen MR) is 48.0 cm³/mol. The minimum Gasteiger partial charge on any atom is -0.392 e. The number of aliphatic hydroxyl groups excluding tert-OH is 1. The lowest BCUT2D eigenvalue weighted by atomic mass is 10.4. The first kappa shape index (κ1) is 11.4. The highest BCUT2D eigenvalue weighted by Crippen LogP contribution is 2.12. The van der Waals surface area contributed by atoms with Crippen LogP contribution >= 0.6 is 0 Å². The summed E-state index contributed by atoms with van der Waals surface area (Å²) in [6, 6.07) is 0. The van der Waals surface area contributed by atoms with Gasteiger partial charge in [-0.3, -0.25) is 9.59 Å². The van der Waals surface area contributed by atoms with Crippen molar-refractivity contribution in [1.29, 1.82) is 0 Å². The number of hydroxylamine groups is 2. The standard InChI is InChI=1S/C9H11NO5/c11-6-2-1-3-9(14)15-10-7(12)4-5-8(10)13/h1-2,11H,3-6H2/b2-1+. The van der Waals surface area contributed by atoms with E-state index in [-0.39, 0.29) is 25.9 Å². The molecule has 0 bridgehead atoms. The fourth-order valence-corrected chi connectivity index (χ4v) is 1.05. The molecule has 0 aromatic carbocycles. The van der Waals surface area contributed by atoms with Crippen LogP contribution in [-0.4, -0.2) is 34.6 Å². The highest BCUT2D eigenvalue weighted by atomic mass is 16.7. The predicted octanol–water partition coefficient (Wildman–Crippen LogP) is -0.468. The summed E-state index contributed by atoms with van der Waals surface area (Å²) in [7, 11) is 0. The third-order valence-corrected chi connectivity index (χ3v) is 1.76. The molecule has 0 unspecified atom stereocenters. The lowest BCUT2D eigenvalue weighted by Gasteiger charge is -2.11. The maximum absolute atomic E-state index is 11.1. The molecular formula is C9H11NO5. The molecule has 1 aliphatic heterocycles. The van der Waals surface area contributed by atoms with Crippen molar-refractivity contribution in [1.82, 2.24) is 5.06 Å². The number of carbonyl (C=O) groups is 3. The fourth-order valence-electron chi connectivity index (χ4n) is 1.05. The van der Waals surface area contributed by atoms with Gasteiger partial charge in [0, 0.05) is 12.8 Å². The number of amides is 2. The van der Waals surface area contributed by atoms with Gasteiger partial charge in [0.05, 0.1) is 13.0 Å². The van der Waals surface area contributed by atoms with E-state index in [9.17, 15) is 14.4 Å². The first-order valence-corrected chi connectivity index (χ1v) is 4.47. The Balaban J connectivity index is 2.40. The topological polar surface area (TPSA) is 83.9 Å². The lowest BCUT2D eigenvalue weighted by molar-refractivity contribution is -0.196. The van der Waals surface area contributed by atoms with Crippen LogP contribution in [0.1, 0.15) is 19.3 Å². The van der Waals surface area contributed by atoms with Crippen molar-refractivity contribution in [2.24, 2.45) is 0 Å². The van der Waals surface area contributed by atoms with E-state index in [0.29, 0.717) is 5.06 Å². The first-order chi connectivity index (χ1) is 7.15. The Morgan fingerprint density at radius 1 is 1.33 bits per heavy atom. The molecule has 0 radical (unpaired) electrons. The highest BCUT2D eigenvalue weighted by Gasteiger charge is 2.32. The zero-order valence-corrected chi connectivity index (χ0v) is 8.01. The van der Waals surface area contributed by atoms with Crippen LogP contribution in [0, 0.1) is 0 Å². The smallest absolute Gasteiger partial charge is 0.336 e. The molecule has 0 aromatic heterocycles. The van der Waals surface area contributed by atoms with E-state index in [1.54, 1.807) is 0 Å². The molecule has 1 rings (SSSR count). The summed E-state index contributed by atoms with van der Waals surface area (Å²) in [5, 5.41) is 8.89. The maximum atomic E-state index is 11.1. The van der Waals surface area contributed by atoms with Crippen LogP contribution in [0.3, 0.4) is 0 Å². The van der Waals surface area contributed by atoms with Crippen LogP contribution in [0.5, 0.6) is 0 Å². The van der Waals surface area contributed by atoms with Crippen molar-refractivity contribution in [3.8, 4) is 0 Å². The van der Waals surface area contributed by atoms with Crippen LogP contribution in [-0.2, 0) is 19.2 Å². The second-order valence-corrected chi connectivity index (χ2v) is 2.90. The molecule has 1 heterocycles. The Hall–Kier alpha value is -1.69. The van der Waals surface area contributed by atoms with Crippen molar-refractivity contribution in [3.63, 3.8) is 0 Å². The molecule has 15 heavy (non-hydrogen) atoms. The molecule has 1 fully saturated rings. The minimum absolute atomic E-state index is 0.0819. The van der Waals surface area contributed by atoms with E-state index >= 15 is 0 Å². The Bertz CT molecular complexity index is 294. The number of aliphatic hydroxyl groups is 1. The number of nitrogens with zero attached hydrogens (tertiary/aromatic N) is 1. The van der Waals surface area contributed by atoms with Gasteiger partial charge < -0.3 is 9.94 Å². The van der Waals surface area contributed by atoms with Crippen LogP contribution in [0.25, 0.3) is 0 Å². The molecule has 82 valence electrons. The van der Waals surface area contributed by atoms with E-state index in [1.807, 2.05) is 0 Å². The van der Waals surface area contributed by atoms with Gasteiger partial charge in [-0.25, -0.2) is 4.79 Å². The Kier molecular flexibility index (Phi) is 3.99. The van der Waals surface area contributed by atoms with Crippen molar-refractivity contribution < 1.29 is 24.3 Å². The first-order valence-electron chi connectivity index (χ1n) is 4.47. The number of rotatable bonds is 4. The molecule has 1 aliphatic rings. The van der Waals surface area contributed by atoms with E-state index in [4.69, 9.17) is 5.11 Å². The van der Waals surface area contributed by atoms with E-state index in [0.717, 1.165) is 0 Å². The monoisotopic (exact) mass is 213 g/mol. The van der Waals surface area contributed by atoms with Crippen molar-refractivity contribution in [2.75, 3.05) is 6.61 Å². The Morgan fingerprint density at radius 3 is 2.47 bits per heavy atom. The summed E-state index contributed by atoms with van der Waals surface area (Å²) < 4.78 is 0. The van der Waals surface area contributed by atoms with Crippen LogP contribution < -0.4 is 0 Å². The maximum Gasteiger partial charge on any atom is 0.336 e. The molecule has 0 saturated carbocycles. The molecule has 6 nitrogen and oxygen atoms in total. The number of carbonyl (C=O) groups excluding carboxylic acids is 3. The summed E-state index contributed by atoms with van der Waals surface area (Å²) in [6.45, 7) is -0.172. The molecule has 1 N–H and O–H groups in total.